The molecule has 0 N–H and O–H groups in total. The quantitative estimate of drug-likeness (QED) is 0.626. The molecule has 1 aliphatic heterocycles. The van der Waals surface area contributed by atoms with Crippen LogP contribution in [0.2, 0.25) is 10.0 Å². The van der Waals surface area contributed by atoms with E-state index in [4.69, 9.17) is 34.4 Å². The largest absolute Gasteiger partial charge is 0.369 e. The molecule has 1 saturated heterocycles. The van der Waals surface area contributed by atoms with E-state index in [1.54, 1.807) is 18.2 Å². The fraction of sp³-hybridized carbons (Fsp3) is 0.438. The van der Waals surface area contributed by atoms with Crippen LogP contribution in [0.5, 0.6) is 0 Å². The predicted octanol–water partition coefficient (Wildman–Crippen LogP) is 3.50. The van der Waals surface area contributed by atoms with Crippen molar-refractivity contribution in [3.05, 3.63) is 33.8 Å². The Hall–Kier alpha value is -1.21. The molecule has 112 valence electrons. The Morgan fingerprint density at radius 3 is 2.71 bits per heavy atom. The summed E-state index contributed by atoms with van der Waals surface area (Å²) in [4.78, 5) is 14.3. The molecule has 0 atom stereocenters. The Bertz CT molecular complexity index is 546. The van der Waals surface area contributed by atoms with Gasteiger partial charge in [0.2, 0.25) is 0 Å². The van der Waals surface area contributed by atoms with E-state index in [9.17, 15) is 4.79 Å². The normalized spacial score (nSPS) is 15.8. The zero-order valence-corrected chi connectivity index (χ0v) is 13.2. The molecule has 1 amide bonds. The summed E-state index contributed by atoms with van der Waals surface area (Å²) in [6, 6.07) is 4.95. The number of carbonyl (C=O) groups excluding carboxylic acids is 1. The van der Waals surface area contributed by atoms with Gasteiger partial charge < -0.3 is 9.64 Å². The third-order valence-corrected chi connectivity index (χ3v) is 4.15. The van der Waals surface area contributed by atoms with Crippen molar-refractivity contribution in [3.8, 4) is 12.3 Å². The molecule has 0 bridgehead atoms. The molecule has 0 unspecified atom stereocenters. The average Bonchev–Trinajstić information content (AvgIpc) is 2.48. The number of halogens is 2. The molecule has 1 heterocycles. The number of carbonyl (C=O) groups is 1. The van der Waals surface area contributed by atoms with E-state index < -0.39 is 0 Å². The summed E-state index contributed by atoms with van der Waals surface area (Å²) in [6.45, 7) is 2.43. The lowest BCUT2D eigenvalue weighted by atomic mass is 9.97. The number of nitrogens with zero attached hydrogens (tertiary/aromatic N) is 1. The minimum atomic E-state index is -0.0420. The van der Waals surface area contributed by atoms with Crippen molar-refractivity contribution in [2.75, 3.05) is 26.3 Å². The van der Waals surface area contributed by atoms with Crippen molar-refractivity contribution in [2.24, 2.45) is 5.92 Å². The van der Waals surface area contributed by atoms with Crippen LogP contribution in [0.3, 0.4) is 0 Å². The maximum absolute atomic E-state index is 12.4. The average molecular weight is 326 g/mol. The first-order valence-electron chi connectivity index (χ1n) is 6.87. The number of likely N-dealkylation sites (tertiary alicyclic amines) is 1. The minimum Gasteiger partial charge on any atom is -0.369 e. The molecule has 0 radical (unpaired) electrons. The Labute approximate surface area is 135 Å². The molecular formula is C16H17Cl2NO2. The molecule has 1 fully saturated rings. The molecule has 0 spiro atoms. The topological polar surface area (TPSA) is 29.5 Å². The number of amides is 1. The van der Waals surface area contributed by atoms with E-state index >= 15 is 0 Å². The van der Waals surface area contributed by atoms with Crippen LogP contribution in [-0.4, -0.2) is 37.1 Å². The van der Waals surface area contributed by atoms with E-state index in [1.807, 2.05) is 4.90 Å². The molecule has 0 saturated carbocycles. The maximum Gasteiger partial charge on any atom is 0.255 e. The minimum absolute atomic E-state index is 0.0420. The van der Waals surface area contributed by atoms with Crippen molar-refractivity contribution in [1.82, 2.24) is 4.90 Å². The summed E-state index contributed by atoms with van der Waals surface area (Å²) in [7, 11) is 0. The molecule has 1 aromatic rings. The molecule has 0 aromatic heterocycles. The van der Waals surface area contributed by atoms with Gasteiger partial charge in [0.15, 0.2) is 0 Å². The Morgan fingerprint density at radius 2 is 2.10 bits per heavy atom. The second kappa shape index (κ2) is 7.70. The summed E-state index contributed by atoms with van der Waals surface area (Å²) in [5.41, 5.74) is 0.503. The van der Waals surface area contributed by atoms with Crippen LogP contribution in [-0.2, 0) is 4.74 Å². The Morgan fingerprint density at radius 1 is 1.38 bits per heavy atom. The van der Waals surface area contributed by atoms with Crippen molar-refractivity contribution >= 4 is 29.1 Å². The molecule has 3 nitrogen and oxygen atoms in total. The van der Waals surface area contributed by atoms with E-state index in [-0.39, 0.29) is 5.91 Å². The second-order valence-corrected chi connectivity index (χ2v) is 5.92. The lowest BCUT2D eigenvalue weighted by molar-refractivity contribution is 0.0582. The summed E-state index contributed by atoms with van der Waals surface area (Å²) in [5.74, 6) is 2.87. The van der Waals surface area contributed by atoms with Crippen molar-refractivity contribution in [2.45, 2.75) is 12.8 Å². The first-order valence-corrected chi connectivity index (χ1v) is 7.63. The molecule has 21 heavy (non-hydrogen) atoms. The number of benzene rings is 1. The molecule has 5 heteroatoms. The van der Waals surface area contributed by atoms with E-state index in [0.717, 1.165) is 12.8 Å². The van der Waals surface area contributed by atoms with Gasteiger partial charge in [-0.1, -0.05) is 29.1 Å². The maximum atomic E-state index is 12.4. The van der Waals surface area contributed by atoms with Gasteiger partial charge in [-0.3, -0.25) is 4.79 Å². The SMILES string of the molecule is C#CCOCC1CCN(C(=O)c2ccc(Cl)cc2Cl)CC1. The number of piperidine rings is 1. The van der Waals surface area contributed by atoms with Crippen LogP contribution in [0.4, 0.5) is 0 Å². The first kappa shape index (κ1) is 16.2. The van der Waals surface area contributed by atoms with Gasteiger partial charge in [0.05, 0.1) is 17.2 Å². The summed E-state index contributed by atoms with van der Waals surface area (Å²) in [5, 5.41) is 0.924. The van der Waals surface area contributed by atoms with Crippen LogP contribution in [0.1, 0.15) is 23.2 Å². The van der Waals surface area contributed by atoms with Gasteiger partial charge in [-0.2, -0.15) is 0 Å². The van der Waals surface area contributed by atoms with E-state index in [0.29, 0.717) is 47.8 Å². The van der Waals surface area contributed by atoms with Gasteiger partial charge in [0.25, 0.3) is 5.91 Å². The zero-order valence-electron chi connectivity index (χ0n) is 11.6. The lowest BCUT2D eigenvalue weighted by Gasteiger charge is -2.32. The fourth-order valence-corrected chi connectivity index (χ4v) is 2.91. The highest BCUT2D eigenvalue weighted by Gasteiger charge is 2.24. The number of terminal acetylenes is 1. The van der Waals surface area contributed by atoms with Gasteiger partial charge in [-0.25, -0.2) is 0 Å². The van der Waals surface area contributed by atoms with E-state index in [1.165, 1.54) is 0 Å². The highest BCUT2D eigenvalue weighted by molar-refractivity contribution is 6.36. The first-order chi connectivity index (χ1) is 10.1. The highest BCUT2D eigenvalue weighted by Crippen LogP contribution is 2.25. The summed E-state index contributed by atoms with van der Waals surface area (Å²) in [6.07, 6.45) is 6.98. The Balaban J connectivity index is 1.90. The fourth-order valence-electron chi connectivity index (χ4n) is 2.42. The van der Waals surface area contributed by atoms with Crippen LogP contribution < -0.4 is 0 Å². The summed E-state index contributed by atoms with van der Waals surface area (Å²) < 4.78 is 5.36. The summed E-state index contributed by atoms with van der Waals surface area (Å²) >= 11 is 11.9. The van der Waals surface area contributed by atoms with Gasteiger partial charge in [0.1, 0.15) is 6.61 Å². The Kier molecular flexibility index (Phi) is 5.93. The number of rotatable bonds is 4. The molecular weight excluding hydrogens is 309 g/mol. The van der Waals surface area contributed by atoms with Gasteiger partial charge in [-0.15, -0.1) is 6.42 Å². The number of ether oxygens (including phenoxy) is 1. The zero-order chi connectivity index (χ0) is 15.2. The van der Waals surface area contributed by atoms with Crippen LogP contribution in [0.25, 0.3) is 0 Å². The van der Waals surface area contributed by atoms with Crippen molar-refractivity contribution in [1.29, 1.82) is 0 Å². The van der Waals surface area contributed by atoms with Crippen LogP contribution in [0.15, 0.2) is 18.2 Å². The smallest absolute Gasteiger partial charge is 0.255 e. The molecule has 1 aliphatic rings. The van der Waals surface area contributed by atoms with Crippen molar-refractivity contribution < 1.29 is 9.53 Å². The monoisotopic (exact) mass is 325 g/mol. The number of hydrogen-bond acceptors (Lipinski definition) is 2. The second-order valence-electron chi connectivity index (χ2n) is 5.08. The molecule has 2 rings (SSSR count). The molecule has 1 aromatic carbocycles. The van der Waals surface area contributed by atoms with Crippen LogP contribution in [0, 0.1) is 18.3 Å². The molecule has 0 aliphatic carbocycles. The lowest BCUT2D eigenvalue weighted by Crippen LogP contribution is -2.39. The third kappa shape index (κ3) is 4.38. The predicted molar refractivity (Wildman–Crippen MR) is 84.7 cm³/mol. The van der Waals surface area contributed by atoms with Gasteiger partial charge >= 0.3 is 0 Å². The van der Waals surface area contributed by atoms with Gasteiger partial charge in [0, 0.05) is 18.1 Å². The number of hydrogen-bond donors (Lipinski definition) is 0. The van der Waals surface area contributed by atoms with Gasteiger partial charge in [-0.05, 0) is 37.0 Å². The highest BCUT2D eigenvalue weighted by atomic mass is 35.5. The third-order valence-electron chi connectivity index (χ3n) is 3.60. The van der Waals surface area contributed by atoms with E-state index in [2.05, 4.69) is 5.92 Å². The van der Waals surface area contributed by atoms with Crippen molar-refractivity contribution in [3.63, 3.8) is 0 Å². The van der Waals surface area contributed by atoms with Crippen LogP contribution >= 0.6 is 23.2 Å². The standard InChI is InChI=1S/C16H17Cl2NO2/c1-2-9-21-11-12-5-7-19(8-6-12)16(20)14-4-3-13(17)10-15(14)18/h1,3-4,10,12H,5-9,11H2.